The molecule has 0 spiro atoms. The number of ether oxygens (including phenoxy) is 1. The highest BCUT2D eigenvalue weighted by Crippen LogP contribution is 2.33. The summed E-state index contributed by atoms with van der Waals surface area (Å²) >= 11 is 0. The number of H-pyrrole nitrogens is 1. The van der Waals surface area contributed by atoms with Crippen molar-refractivity contribution in [3.8, 4) is 0 Å². The van der Waals surface area contributed by atoms with E-state index in [1.807, 2.05) is 17.8 Å². The van der Waals surface area contributed by atoms with Crippen molar-refractivity contribution in [2.75, 3.05) is 13.7 Å². The molecule has 0 saturated carbocycles. The normalized spacial score (nSPS) is 21.9. The van der Waals surface area contributed by atoms with Gasteiger partial charge in [0.05, 0.1) is 18.3 Å². The van der Waals surface area contributed by atoms with Gasteiger partial charge in [-0.25, -0.2) is 9.89 Å². The van der Waals surface area contributed by atoms with Gasteiger partial charge in [-0.1, -0.05) is 0 Å². The first-order valence-corrected chi connectivity index (χ1v) is 8.48. The number of aromatic nitrogens is 5. The molecule has 1 fully saturated rings. The van der Waals surface area contributed by atoms with Crippen LogP contribution in [0.25, 0.3) is 0 Å². The minimum Gasteiger partial charge on any atom is -0.380 e. The summed E-state index contributed by atoms with van der Waals surface area (Å²) < 4.78 is 9.23. The summed E-state index contributed by atoms with van der Waals surface area (Å²) in [6, 6.07) is 0.410. The van der Waals surface area contributed by atoms with Crippen molar-refractivity contribution in [2.45, 2.75) is 58.5 Å². The first kappa shape index (κ1) is 16.9. The van der Waals surface area contributed by atoms with Crippen LogP contribution in [0.5, 0.6) is 0 Å². The van der Waals surface area contributed by atoms with Gasteiger partial charge in [-0.2, -0.15) is 10.2 Å². The van der Waals surface area contributed by atoms with Gasteiger partial charge in [0, 0.05) is 44.5 Å². The highest BCUT2D eigenvalue weighted by Gasteiger charge is 2.36. The number of nitrogens with zero attached hydrogens (tertiary/aromatic N) is 5. The van der Waals surface area contributed by atoms with E-state index >= 15 is 0 Å². The Bertz CT molecular complexity index is 731. The molecule has 0 radical (unpaired) electrons. The van der Waals surface area contributed by atoms with Crippen molar-refractivity contribution in [1.82, 2.24) is 29.4 Å². The highest BCUT2D eigenvalue weighted by atomic mass is 16.5. The summed E-state index contributed by atoms with van der Waals surface area (Å²) in [6.07, 6.45) is 4.97. The molecule has 8 nitrogen and oxygen atoms in total. The van der Waals surface area contributed by atoms with Crippen molar-refractivity contribution in [2.24, 2.45) is 0 Å². The predicted molar refractivity (Wildman–Crippen MR) is 89.7 cm³/mol. The first-order chi connectivity index (χ1) is 11.5. The largest absolute Gasteiger partial charge is 0.380 e. The molecular weight excluding hydrogens is 308 g/mol. The number of methoxy groups -OCH3 is 1. The van der Waals surface area contributed by atoms with Gasteiger partial charge in [0.25, 0.3) is 0 Å². The minimum atomic E-state index is -0.152. The van der Waals surface area contributed by atoms with E-state index in [1.54, 1.807) is 11.7 Å². The molecule has 0 unspecified atom stereocenters. The molecule has 0 bridgehead atoms. The lowest BCUT2D eigenvalue weighted by atomic mass is 10.1. The standard InChI is InChI=1S/C16H26N6O2/c1-5-21-15(18-19-16(21)23)14-6-13(24-4)10-20(14)8-12-7-17-22(9-12)11(2)3/h7,9,11,13-14H,5-6,8,10H2,1-4H3,(H,19,23)/t13-,14-/m0/s1. The van der Waals surface area contributed by atoms with Crippen molar-refractivity contribution >= 4 is 0 Å². The maximum Gasteiger partial charge on any atom is 0.343 e. The molecule has 2 atom stereocenters. The average Bonchev–Trinajstić information content (AvgIpc) is 3.26. The van der Waals surface area contributed by atoms with Gasteiger partial charge in [-0.15, -0.1) is 0 Å². The molecule has 132 valence electrons. The third-order valence-electron chi connectivity index (χ3n) is 4.67. The third-order valence-corrected chi connectivity index (χ3v) is 4.67. The number of nitrogens with one attached hydrogen (secondary N) is 1. The zero-order valence-corrected chi connectivity index (χ0v) is 14.8. The molecular formula is C16H26N6O2. The van der Waals surface area contributed by atoms with Gasteiger partial charge in [0.15, 0.2) is 5.82 Å². The molecule has 3 heterocycles. The molecule has 0 amide bonds. The molecule has 1 aliphatic heterocycles. The molecule has 1 aliphatic rings. The summed E-state index contributed by atoms with van der Waals surface area (Å²) in [5, 5.41) is 11.3. The van der Waals surface area contributed by atoms with Crippen LogP contribution in [0.1, 0.15) is 50.7 Å². The average molecular weight is 334 g/mol. The molecule has 3 rings (SSSR count). The number of rotatable bonds is 6. The van der Waals surface area contributed by atoms with Gasteiger partial charge >= 0.3 is 5.69 Å². The summed E-state index contributed by atoms with van der Waals surface area (Å²) in [4.78, 5) is 14.2. The number of likely N-dealkylation sites (tertiary alicyclic amines) is 1. The maximum absolute atomic E-state index is 11.9. The van der Waals surface area contributed by atoms with Crippen LogP contribution in [0, 0.1) is 0 Å². The fourth-order valence-electron chi connectivity index (χ4n) is 3.34. The topological polar surface area (TPSA) is 81.0 Å². The van der Waals surface area contributed by atoms with Crippen molar-refractivity contribution < 1.29 is 4.74 Å². The first-order valence-electron chi connectivity index (χ1n) is 8.48. The van der Waals surface area contributed by atoms with E-state index in [0.29, 0.717) is 12.6 Å². The van der Waals surface area contributed by atoms with Crippen LogP contribution in [0.3, 0.4) is 0 Å². The lowest BCUT2D eigenvalue weighted by Crippen LogP contribution is -2.28. The van der Waals surface area contributed by atoms with Crippen molar-refractivity contribution in [1.29, 1.82) is 0 Å². The monoisotopic (exact) mass is 334 g/mol. The fraction of sp³-hybridized carbons (Fsp3) is 0.688. The SMILES string of the molecule is CCn1c([C@@H]2C[C@H](OC)CN2Cc2cnn(C(C)C)c2)n[nH]c1=O. The molecule has 0 aliphatic carbocycles. The number of hydrogen-bond acceptors (Lipinski definition) is 5. The second kappa shape index (κ2) is 6.90. The number of hydrogen-bond donors (Lipinski definition) is 1. The van der Waals surface area contributed by atoms with E-state index in [0.717, 1.165) is 30.9 Å². The van der Waals surface area contributed by atoms with Crippen LogP contribution in [0.4, 0.5) is 0 Å². The Balaban J connectivity index is 1.84. The Morgan fingerprint density at radius 1 is 1.46 bits per heavy atom. The van der Waals surface area contributed by atoms with E-state index in [2.05, 4.69) is 40.2 Å². The van der Waals surface area contributed by atoms with Crippen LogP contribution >= 0.6 is 0 Å². The van der Waals surface area contributed by atoms with E-state index < -0.39 is 0 Å². The third kappa shape index (κ3) is 3.16. The quantitative estimate of drug-likeness (QED) is 0.862. The maximum atomic E-state index is 11.9. The molecule has 2 aromatic heterocycles. The zero-order chi connectivity index (χ0) is 17.3. The van der Waals surface area contributed by atoms with Gasteiger partial charge in [0.2, 0.25) is 0 Å². The molecule has 2 aromatic rings. The lowest BCUT2D eigenvalue weighted by molar-refractivity contribution is 0.107. The van der Waals surface area contributed by atoms with Crippen LogP contribution in [0.15, 0.2) is 17.2 Å². The predicted octanol–water partition coefficient (Wildman–Crippen LogP) is 1.33. The van der Waals surface area contributed by atoms with E-state index in [9.17, 15) is 4.79 Å². The molecule has 1 N–H and O–H groups in total. The van der Waals surface area contributed by atoms with Crippen LogP contribution in [-0.4, -0.2) is 49.2 Å². The van der Waals surface area contributed by atoms with Crippen molar-refractivity contribution in [3.63, 3.8) is 0 Å². The Kier molecular flexibility index (Phi) is 4.86. The second-order valence-corrected chi connectivity index (χ2v) is 6.59. The smallest absolute Gasteiger partial charge is 0.343 e. The Morgan fingerprint density at radius 3 is 2.88 bits per heavy atom. The summed E-state index contributed by atoms with van der Waals surface area (Å²) in [7, 11) is 1.74. The Labute approximate surface area is 141 Å². The van der Waals surface area contributed by atoms with Gasteiger partial charge in [-0.3, -0.25) is 14.1 Å². The lowest BCUT2D eigenvalue weighted by Gasteiger charge is -2.22. The summed E-state index contributed by atoms with van der Waals surface area (Å²) in [5.41, 5.74) is 1.01. The second-order valence-electron chi connectivity index (χ2n) is 6.59. The summed E-state index contributed by atoms with van der Waals surface area (Å²) in [6.45, 7) is 8.37. The Morgan fingerprint density at radius 2 is 2.25 bits per heavy atom. The molecule has 8 heteroatoms. The van der Waals surface area contributed by atoms with Crippen LogP contribution < -0.4 is 5.69 Å². The highest BCUT2D eigenvalue weighted by molar-refractivity contribution is 5.08. The van der Waals surface area contributed by atoms with Crippen LogP contribution in [-0.2, 0) is 17.8 Å². The zero-order valence-electron chi connectivity index (χ0n) is 14.8. The number of aromatic amines is 1. The van der Waals surface area contributed by atoms with E-state index in [1.165, 1.54) is 0 Å². The van der Waals surface area contributed by atoms with Gasteiger partial charge in [0.1, 0.15) is 0 Å². The minimum absolute atomic E-state index is 0.0660. The van der Waals surface area contributed by atoms with Crippen LogP contribution in [0.2, 0.25) is 0 Å². The van der Waals surface area contributed by atoms with Gasteiger partial charge in [-0.05, 0) is 27.2 Å². The van der Waals surface area contributed by atoms with E-state index in [4.69, 9.17) is 4.74 Å². The van der Waals surface area contributed by atoms with Gasteiger partial charge < -0.3 is 4.74 Å². The molecule has 1 saturated heterocycles. The Hall–Kier alpha value is -1.93. The van der Waals surface area contributed by atoms with E-state index in [-0.39, 0.29) is 17.8 Å². The fourth-order valence-corrected chi connectivity index (χ4v) is 3.34. The summed E-state index contributed by atoms with van der Waals surface area (Å²) in [5.74, 6) is 0.790. The molecule has 24 heavy (non-hydrogen) atoms. The molecule has 0 aromatic carbocycles. The van der Waals surface area contributed by atoms with Crippen molar-refractivity contribution in [3.05, 3.63) is 34.3 Å².